The fourth-order valence-electron chi connectivity index (χ4n) is 1.43. The molecule has 0 aliphatic carbocycles. The van der Waals surface area contributed by atoms with Crippen LogP contribution in [0.2, 0.25) is 0 Å². The highest BCUT2D eigenvalue weighted by Gasteiger charge is 2.33. The normalized spacial score (nSPS) is 13.5. The third-order valence-corrected chi connectivity index (χ3v) is 2.38. The molecule has 5 nitrogen and oxygen atoms in total. The number of carbonyl (C=O) groups excluding carboxylic acids is 1. The number of carboxylic acids is 1. The first kappa shape index (κ1) is 15.9. The number of hydrogen-bond acceptors (Lipinski definition) is 4. The number of ether oxygens (including phenoxy) is 1. The Morgan fingerprint density at radius 2 is 1.88 bits per heavy atom. The van der Waals surface area contributed by atoms with Gasteiger partial charge in [-0.1, -0.05) is 13.8 Å². The molecule has 17 heavy (non-hydrogen) atoms. The van der Waals surface area contributed by atoms with Crippen molar-refractivity contribution in [2.45, 2.75) is 40.2 Å². The van der Waals surface area contributed by atoms with E-state index in [1.54, 1.807) is 20.9 Å². The van der Waals surface area contributed by atoms with Crippen LogP contribution in [0.15, 0.2) is 0 Å². The Hall–Kier alpha value is -1.10. The smallest absolute Gasteiger partial charge is 0.345 e. The number of hydrogen-bond donors (Lipinski definition) is 2. The van der Waals surface area contributed by atoms with Crippen LogP contribution in [0.25, 0.3) is 0 Å². The fourth-order valence-corrected chi connectivity index (χ4v) is 1.43. The minimum Gasteiger partial charge on any atom is -0.479 e. The Kier molecular flexibility index (Phi) is 6.16. The average molecular weight is 245 g/mol. The Morgan fingerprint density at radius 1 is 1.35 bits per heavy atom. The van der Waals surface area contributed by atoms with E-state index in [1.165, 1.54) is 0 Å². The van der Waals surface area contributed by atoms with Crippen LogP contribution < -0.4 is 5.32 Å². The maximum atomic E-state index is 11.8. The zero-order valence-electron chi connectivity index (χ0n) is 11.2. The highest BCUT2D eigenvalue weighted by atomic mass is 16.6. The molecule has 2 N–H and O–H groups in total. The molecule has 0 radical (unpaired) electrons. The molecule has 0 aromatic rings. The van der Waals surface area contributed by atoms with Gasteiger partial charge in [0.05, 0.1) is 5.41 Å². The summed E-state index contributed by atoms with van der Waals surface area (Å²) in [4.78, 5) is 22.8. The van der Waals surface area contributed by atoms with Crippen LogP contribution in [0.4, 0.5) is 0 Å². The maximum absolute atomic E-state index is 11.8. The standard InChI is InChI=1S/C12H23NO4/c1-8(2)6-9(10(14)15)17-11(16)12(3,4)7-13-5/h8-9,13H,6-7H2,1-5H3,(H,14,15)/t9-/m0/s1. The van der Waals surface area contributed by atoms with Gasteiger partial charge < -0.3 is 15.2 Å². The molecule has 0 unspecified atom stereocenters. The predicted octanol–water partition coefficient (Wildman–Crippen LogP) is 1.27. The van der Waals surface area contributed by atoms with Crippen molar-refractivity contribution < 1.29 is 19.4 Å². The summed E-state index contributed by atoms with van der Waals surface area (Å²) >= 11 is 0. The van der Waals surface area contributed by atoms with Crippen LogP contribution in [-0.2, 0) is 14.3 Å². The van der Waals surface area contributed by atoms with E-state index in [9.17, 15) is 9.59 Å². The molecular weight excluding hydrogens is 222 g/mol. The van der Waals surface area contributed by atoms with E-state index in [0.717, 1.165) is 0 Å². The van der Waals surface area contributed by atoms with Crippen molar-refractivity contribution in [1.82, 2.24) is 5.32 Å². The van der Waals surface area contributed by atoms with Gasteiger partial charge in [-0.25, -0.2) is 4.79 Å². The van der Waals surface area contributed by atoms with E-state index in [2.05, 4.69) is 5.32 Å². The molecule has 0 saturated carbocycles. The molecule has 0 aliphatic rings. The van der Waals surface area contributed by atoms with Gasteiger partial charge in [0.25, 0.3) is 0 Å². The van der Waals surface area contributed by atoms with E-state index in [4.69, 9.17) is 9.84 Å². The molecule has 0 aliphatic heterocycles. The van der Waals surface area contributed by atoms with Gasteiger partial charge in [0, 0.05) is 6.54 Å². The van der Waals surface area contributed by atoms with Gasteiger partial charge >= 0.3 is 11.9 Å². The largest absolute Gasteiger partial charge is 0.479 e. The van der Waals surface area contributed by atoms with E-state index < -0.39 is 23.5 Å². The molecular formula is C12H23NO4. The summed E-state index contributed by atoms with van der Waals surface area (Å²) in [7, 11) is 1.73. The molecule has 5 heteroatoms. The first-order valence-electron chi connectivity index (χ1n) is 5.79. The second-order valence-corrected chi connectivity index (χ2v) is 5.28. The number of carboxylic acid groups (broad SMARTS) is 1. The average Bonchev–Trinajstić information content (AvgIpc) is 2.15. The van der Waals surface area contributed by atoms with E-state index in [1.807, 2.05) is 13.8 Å². The van der Waals surface area contributed by atoms with Crippen molar-refractivity contribution in [2.24, 2.45) is 11.3 Å². The lowest BCUT2D eigenvalue weighted by atomic mass is 9.93. The number of rotatable bonds is 7. The van der Waals surface area contributed by atoms with Crippen molar-refractivity contribution >= 4 is 11.9 Å². The lowest BCUT2D eigenvalue weighted by Gasteiger charge is -2.25. The Morgan fingerprint density at radius 3 is 2.24 bits per heavy atom. The van der Waals surface area contributed by atoms with Gasteiger partial charge in [0.2, 0.25) is 0 Å². The van der Waals surface area contributed by atoms with Crippen LogP contribution in [0, 0.1) is 11.3 Å². The third-order valence-electron chi connectivity index (χ3n) is 2.38. The van der Waals surface area contributed by atoms with Crippen LogP contribution in [-0.4, -0.2) is 36.7 Å². The summed E-state index contributed by atoms with van der Waals surface area (Å²) in [5, 5.41) is 11.9. The molecule has 0 rings (SSSR count). The zero-order valence-corrected chi connectivity index (χ0v) is 11.2. The first-order chi connectivity index (χ1) is 7.70. The van der Waals surface area contributed by atoms with Gasteiger partial charge in [-0.3, -0.25) is 4.79 Å². The van der Waals surface area contributed by atoms with Crippen LogP contribution in [0.5, 0.6) is 0 Å². The summed E-state index contributed by atoms with van der Waals surface area (Å²) in [5.41, 5.74) is -0.723. The Labute approximate surface area is 103 Å². The first-order valence-corrected chi connectivity index (χ1v) is 5.79. The van der Waals surface area contributed by atoms with Crippen molar-refractivity contribution in [1.29, 1.82) is 0 Å². The quantitative estimate of drug-likeness (QED) is 0.661. The minimum atomic E-state index is -1.09. The summed E-state index contributed by atoms with van der Waals surface area (Å²) in [5.74, 6) is -1.41. The van der Waals surface area contributed by atoms with Crippen molar-refractivity contribution in [2.75, 3.05) is 13.6 Å². The van der Waals surface area contributed by atoms with Crippen molar-refractivity contribution in [3.63, 3.8) is 0 Å². The third kappa shape index (κ3) is 5.68. The summed E-state index contributed by atoms with van der Waals surface area (Å²) in [6.45, 7) is 7.67. The second kappa shape index (κ2) is 6.59. The molecule has 0 amide bonds. The summed E-state index contributed by atoms with van der Waals surface area (Å²) in [6.07, 6.45) is -0.727. The number of aliphatic carboxylic acids is 1. The second-order valence-electron chi connectivity index (χ2n) is 5.28. The number of carbonyl (C=O) groups is 2. The van der Waals surface area contributed by atoms with E-state index >= 15 is 0 Å². The topological polar surface area (TPSA) is 75.6 Å². The van der Waals surface area contributed by atoms with Gasteiger partial charge in [-0.05, 0) is 33.2 Å². The van der Waals surface area contributed by atoms with Gasteiger partial charge in [-0.15, -0.1) is 0 Å². The monoisotopic (exact) mass is 245 g/mol. The molecule has 0 saturated heterocycles. The zero-order chi connectivity index (χ0) is 13.6. The number of nitrogens with one attached hydrogen (secondary N) is 1. The Balaban J connectivity index is 4.55. The molecule has 1 atom stereocenters. The summed E-state index contributed by atoms with van der Waals surface area (Å²) in [6, 6.07) is 0. The molecule has 0 spiro atoms. The van der Waals surface area contributed by atoms with Gasteiger partial charge in [0.1, 0.15) is 0 Å². The molecule has 0 aromatic heterocycles. The predicted molar refractivity (Wildman–Crippen MR) is 64.7 cm³/mol. The molecule has 0 aromatic carbocycles. The summed E-state index contributed by atoms with van der Waals surface area (Å²) < 4.78 is 5.06. The minimum absolute atomic E-state index is 0.163. The van der Waals surface area contributed by atoms with E-state index in [0.29, 0.717) is 13.0 Å². The molecule has 0 bridgehead atoms. The Bertz CT molecular complexity index is 274. The molecule has 0 heterocycles. The molecule has 0 fully saturated rings. The molecule has 100 valence electrons. The van der Waals surface area contributed by atoms with Crippen molar-refractivity contribution in [3.8, 4) is 0 Å². The van der Waals surface area contributed by atoms with Crippen LogP contribution in [0.3, 0.4) is 0 Å². The number of esters is 1. The highest BCUT2D eigenvalue weighted by molar-refractivity contribution is 5.81. The maximum Gasteiger partial charge on any atom is 0.345 e. The van der Waals surface area contributed by atoms with Crippen LogP contribution >= 0.6 is 0 Å². The van der Waals surface area contributed by atoms with Gasteiger partial charge in [-0.2, -0.15) is 0 Å². The lowest BCUT2D eigenvalue weighted by molar-refractivity contribution is -0.171. The lowest BCUT2D eigenvalue weighted by Crippen LogP contribution is -2.40. The van der Waals surface area contributed by atoms with Crippen LogP contribution in [0.1, 0.15) is 34.1 Å². The highest BCUT2D eigenvalue weighted by Crippen LogP contribution is 2.19. The van der Waals surface area contributed by atoms with E-state index in [-0.39, 0.29) is 5.92 Å². The fraction of sp³-hybridized carbons (Fsp3) is 0.833. The van der Waals surface area contributed by atoms with Gasteiger partial charge in [0.15, 0.2) is 6.10 Å². The van der Waals surface area contributed by atoms with Crippen molar-refractivity contribution in [3.05, 3.63) is 0 Å². The SMILES string of the molecule is CNCC(C)(C)C(=O)O[C@@H](CC(C)C)C(=O)O.